The molecular weight excluding hydrogens is 164 g/mol. The highest BCUT2D eigenvalue weighted by atomic mass is 16.3. The van der Waals surface area contributed by atoms with Crippen LogP contribution >= 0.6 is 0 Å². The van der Waals surface area contributed by atoms with E-state index < -0.39 is 0 Å². The van der Waals surface area contributed by atoms with Crippen LogP contribution in [0.1, 0.15) is 11.5 Å². The minimum Gasteiger partial charge on any atom is -0.457 e. The molecule has 0 radical (unpaired) electrons. The van der Waals surface area contributed by atoms with Gasteiger partial charge in [0.25, 0.3) is 0 Å². The number of nitriles is 2. The second-order valence-electron chi connectivity index (χ2n) is 2.16. The Kier molecular flexibility index (Phi) is 3.11. The smallest absolute Gasteiger partial charge is 0.128 e. The molecule has 0 bridgehead atoms. The summed E-state index contributed by atoms with van der Waals surface area (Å²) in [4.78, 5) is 0. The molecule has 0 atom stereocenters. The average molecular weight is 170 g/mol. The van der Waals surface area contributed by atoms with Crippen molar-refractivity contribution in [2.75, 3.05) is 0 Å². The van der Waals surface area contributed by atoms with Gasteiger partial charge in [-0.05, 0) is 24.3 Å². The predicted molar refractivity (Wildman–Crippen MR) is 48.0 cm³/mol. The summed E-state index contributed by atoms with van der Waals surface area (Å²) in [5.74, 6) is 1.19. The van der Waals surface area contributed by atoms with Crippen LogP contribution in [0.3, 0.4) is 0 Å². The number of rotatable bonds is 2. The van der Waals surface area contributed by atoms with Crippen molar-refractivity contribution in [1.29, 1.82) is 10.5 Å². The Morgan fingerprint density at radius 2 is 1.46 bits per heavy atom. The summed E-state index contributed by atoms with van der Waals surface area (Å²) in [7, 11) is 0. The molecule has 0 fully saturated rings. The van der Waals surface area contributed by atoms with Crippen LogP contribution in [0.15, 0.2) is 28.7 Å². The van der Waals surface area contributed by atoms with E-state index >= 15 is 0 Å². The van der Waals surface area contributed by atoms with Gasteiger partial charge in [-0.1, -0.05) is 0 Å². The Bertz CT molecular complexity index is 374. The fraction of sp³-hybridized carbons (Fsp3) is 0. The Balaban J connectivity index is 2.77. The lowest BCUT2D eigenvalue weighted by atomic mass is 10.4. The van der Waals surface area contributed by atoms with E-state index in [1.807, 2.05) is 12.1 Å². The lowest BCUT2D eigenvalue weighted by Gasteiger charge is -1.82. The maximum Gasteiger partial charge on any atom is 0.128 e. The molecule has 0 amide bonds. The molecule has 0 aliphatic heterocycles. The molecule has 0 aromatic carbocycles. The van der Waals surface area contributed by atoms with Gasteiger partial charge in [-0.15, -0.1) is 0 Å². The maximum absolute atomic E-state index is 8.24. The molecule has 0 spiro atoms. The normalized spacial score (nSPS) is 10.3. The second-order valence-corrected chi connectivity index (χ2v) is 2.16. The summed E-state index contributed by atoms with van der Waals surface area (Å²) >= 11 is 0. The average Bonchev–Trinajstić information content (AvgIpc) is 2.59. The highest BCUT2D eigenvalue weighted by molar-refractivity contribution is 5.52. The highest BCUT2D eigenvalue weighted by Crippen LogP contribution is 2.10. The van der Waals surface area contributed by atoms with Crippen LogP contribution in [0.4, 0.5) is 0 Å². The molecule has 3 nitrogen and oxygen atoms in total. The largest absolute Gasteiger partial charge is 0.457 e. The third-order valence-corrected chi connectivity index (χ3v) is 1.29. The molecule has 1 rings (SSSR count). The molecule has 1 aromatic rings. The SMILES string of the molecule is N#C/C=C/c1ccc(/C=C/C#N)o1. The van der Waals surface area contributed by atoms with Gasteiger partial charge in [-0.2, -0.15) is 10.5 Å². The third kappa shape index (κ3) is 2.69. The first-order valence-corrected chi connectivity index (χ1v) is 3.59. The van der Waals surface area contributed by atoms with Crippen molar-refractivity contribution in [2.45, 2.75) is 0 Å². The third-order valence-electron chi connectivity index (χ3n) is 1.29. The van der Waals surface area contributed by atoms with Crippen molar-refractivity contribution in [1.82, 2.24) is 0 Å². The summed E-state index contributed by atoms with van der Waals surface area (Å²) in [5.41, 5.74) is 0. The lowest BCUT2D eigenvalue weighted by Crippen LogP contribution is -1.60. The van der Waals surface area contributed by atoms with E-state index in [0.29, 0.717) is 11.5 Å². The van der Waals surface area contributed by atoms with E-state index in [9.17, 15) is 0 Å². The number of hydrogen-bond acceptors (Lipinski definition) is 3. The Labute approximate surface area is 75.8 Å². The van der Waals surface area contributed by atoms with Crippen molar-refractivity contribution in [3.63, 3.8) is 0 Å². The van der Waals surface area contributed by atoms with E-state index in [1.165, 1.54) is 12.2 Å². The molecule has 0 aliphatic rings. The number of nitrogens with zero attached hydrogens (tertiary/aromatic N) is 2. The van der Waals surface area contributed by atoms with Crippen molar-refractivity contribution in [3.05, 3.63) is 35.8 Å². The first-order valence-electron chi connectivity index (χ1n) is 3.59. The van der Waals surface area contributed by atoms with Crippen LogP contribution in [0, 0.1) is 22.7 Å². The summed E-state index contributed by atoms with van der Waals surface area (Å²) in [6.07, 6.45) is 5.78. The lowest BCUT2D eigenvalue weighted by molar-refractivity contribution is 0.547. The summed E-state index contributed by atoms with van der Waals surface area (Å²) in [6.45, 7) is 0. The minimum atomic E-state index is 0.596. The van der Waals surface area contributed by atoms with Gasteiger partial charge < -0.3 is 4.42 Å². The monoisotopic (exact) mass is 170 g/mol. The molecule has 62 valence electrons. The molecule has 0 N–H and O–H groups in total. The van der Waals surface area contributed by atoms with E-state index in [0.717, 1.165) is 0 Å². The second kappa shape index (κ2) is 4.58. The molecule has 0 aliphatic carbocycles. The first-order chi connectivity index (χ1) is 6.36. The Morgan fingerprint density at radius 3 is 1.85 bits per heavy atom. The zero-order chi connectivity index (χ0) is 9.52. The van der Waals surface area contributed by atoms with Gasteiger partial charge in [-0.3, -0.25) is 0 Å². The molecule has 1 heterocycles. The first kappa shape index (κ1) is 8.83. The molecule has 0 saturated heterocycles. The van der Waals surface area contributed by atoms with Gasteiger partial charge in [0.2, 0.25) is 0 Å². The minimum absolute atomic E-state index is 0.596. The molecular formula is C10H6N2O. The maximum atomic E-state index is 8.24. The predicted octanol–water partition coefficient (Wildman–Crippen LogP) is 2.35. The van der Waals surface area contributed by atoms with Gasteiger partial charge in [0.05, 0.1) is 12.1 Å². The standard InChI is InChI=1S/C10H6N2O/c11-7-1-3-9-5-6-10(13-9)4-2-8-12/h1-6H/b3-1+,4-2+. The highest BCUT2D eigenvalue weighted by Gasteiger charge is 1.93. The van der Waals surface area contributed by atoms with E-state index in [1.54, 1.807) is 24.3 Å². The fourth-order valence-corrected chi connectivity index (χ4v) is 0.786. The van der Waals surface area contributed by atoms with Crippen LogP contribution in [-0.4, -0.2) is 0 Å². The molecule has 13 heavy (non-hydrogen) atoms. The molecule has 0 saturated carbocycles. The summed E-state index contributed by atoms with van der Waals surface area (Å²) in [5, 5.41) is 16.5. The van der Waals surface area contributed by atoms with Crippen molar-refractivity contribution in [3.8, 4) is 12.1 Å². The molecule has 0 unspecified atom stereocenters. The topological polar surface area (TPSA) is 60.7 Å². The van der Waals surface area contributed by atoms with Gasteiger partial charge in [0, 0.05) is 12.2 Å². The van der Waals surface area contributed by atoms with Crippen molar-refractivity contribution >= 4 is 12.2 Å². The van der Waals surface area contributed by atoms with Gasteiger partial charge in [-0.25, -0.2) is 0 Å². The number of furan rings is 1. The molecule has 3 heteroatoms. The Morgan fingerprint density at radius 1 is 1.00 bits per heavy atom. The van der Waals surface area contributed by atoms with Crippen LogP contribution in [0.2, 0.25) is 0 Å². The van der Waals surface area contributed by atoms with Crippen LogP contribution in [0.5, 0.6) is 0 Å². The van der Waals surface area contributed by atoms with Crippen molar-refractivity contribution in [2.24, 2.45) is 0 Å². The van der Waals surface area contributed by atoms with Gasteiger partial charge >= 0.3 is 0 Å². The zero-order valence-corrected chi connectivity index (χ0v) is 6.77. The van der Waals surface area contributed by atoms with Crippen LogP contribution < -0.4 is 0 Å². The fourth-order valence-electron chi connectivity index (χ4n) is 0.786. The van der Waals surface area contributed by atoms with E-state index in [-0.39, 0.29) is 0 Å². The number of allylic oxidation sites excluding steroid dienone is 2. The summed E-state index contributed by atoms with van der Waals surface area (Å²) in [6, 6.07) is 7.17. The molecule has 1 aromatic heterocycles. The Hall–Kier alpha value is -2.26. The van der Waals surface area contributed by atoms with Crippen LogP contribution in [0.25, 0.3) is 12.2 Å². The zero-order valence-electron chi connectivity index (χ0n) is 6.77. The van der Waals surface area contributed by atoms with Crippen LogP contribution in [-0.2, 0) is 0 Å². The summed E-state index contributed by atoms with van der Waals surface area (Å²) < 4.78 is 5.21. The van der Waals surface area contributed by atoms with E-state index in [2.05, 4.69) is 0 Å². The number of hydrogen-bond donors (Lipinski definition) is 0. The quantitative estimate of drug-likeness (QED) is 0.640. The van der Waals surface area contributed by atoms with E-state index in [4.69, 9.17) is 14.9 Å². The van der Waals surface area contributed by atoms with Gasteiger partial charge in [0.1, 0.15) is 11.5 Å². The van der Waals surface area contributed by atoms with Crippen molar-refractivity contribution < 1.29 is 4.42 Å². The van der Waals surface area contributed by atoms with Gasteiger partial charge in [0.15, 0.2) is 0 Å².